The number of aliphatic hydroxyl groups is 1. The largest absolute Gasteiger partial charge is 0.503 e. The highest BCUT2D eigenvalue weighted by Crippen LogP contribution is 2.42. The minimum Gasteiger partial charge on any atom is -0.503 e. The molecule has 2 N–H and O–H groups in total. The lowest BCUT2D eigenvalue weighted by atomic mass is 9.92. The van der Waals surface area contributed by atoms with Crippen molar-refractivity contribution in [2.24, 2.45) is 0 Å². The predicted octanol–water partition coefficient (Wildman–Crippen LogP) is 5.19. The van der Waals surface area contributed by atoms with Crippen LogP contribution in [0.25, 0.3) is 0 Å². The minimum absolute atomic E-state index is 0.0366. The lowest BCUT2D eigenvalue weighted by Crippen LogP contribution is -2.31. The third-order valence-corrected chi connectivity index (χ3v) is 5.43. The Labute approximate surface area is 191 Å². The Hall–Kier alpha value is -4.40. The van der Waals surface area contributed by atoms with Crippen LogP contribution in [0.5, 0.6) is 0 Å². The van der Waals surface area contributed by atoms with Gasteiger partial charge in [0.05, 0.1) is 22.7 Å². The number of aromatic carboxylic acids is 1. The van der Waals surface area contributed by atoms with Crippen LogP contribution in [-0.2, 0) is 11.0 Å². The fourth-order valence-electron chi connectivity index (χ4n) is 3.78. The second-order valence-electron chi connectivity index (χ2n) is 7.51. The average molecular weight is 467 g/mol. The molecule has 0 spiro atoms. The van der Waals surface area contributed by atoms with Crippen LogP contribution in [0.4, 0.5) is 18.9 Å². The third kappa shape index (κ3) is 4.03. The first-order valence-electron chi connectivity index (χ1n) is 9.96. The molecule has 1 atom stereocenters. The fraction of sp³-hybridized carbons (Fsp3) is 0.0800. The molecule has 3 aromatic carbocycles. The van der Waals surface area contributed by atoms with Crippen molar-refractivity contribution in [3.05, 3.63) is 112 Å². The highest BCUT2D eigenvalue weighted by molar-refractivity contribution is 6.21. The molecule has 6 nitrogen and oxygen atoms in total. The molecular formula is C25H16F3NO5. The summed E-state index contributed by atoms with van der Waals surface area (Å²) >= 11 is 0. The van der Waals surface area contributed by atoms with Gasteiger partial charge in [-0.1, -0.05) is 42.5 Å². The van der Waals surface area contributed by atoms with E-state index in [0.29, 0.717) is 5.56 Å². The molecular weight excluding hydrogens is 451 g/mol. The van der Waals surface area contributed by atoms with Gasteiger partial charge in [-0.15, -0.1) is 0 Å². The Morgan fingerprint density at radius 1 is 0.824 bits per heavy atom. The zero-order valence-electron chi connectivity index (χ0n) is 17.3. The van der Waals surface area contributed by atoms with E-state index in [1.807, 2.05) is 0 Å². The van der Waals surface area contributed by atoms with Gasteiger partial charge < -0.3 is 10.2 Å². The third-order valence-electron chi connectivity index (χ3n) is 5.43. The first-order valence-corrected chi connectivity index (χ1v) is 9.96. The number of carboxylic acids is 1. The Kier molecular flexibility index (Phi) is 5.70. The number of anilines is 1. The highest BCUT2D eigenvalue weighted by Gasteiger charge is 2.44. The van der Waals surface area contributed by atoms with Crippen LogP contribution in [0.15, 0.2) is 90.2 Å². The number of benzene rings is 3. The van der Waals surface area contributed by atoms with E-state index in [1.54, 1.807) is 30.3 Å². The van der Waals surface area contributed by atoms with Gasteiger partial charge in [-0.25, -0.2) is 4.79 Å². The van der Waals surface area contributed by atoms with E-state index < -0.39 is 41.2 Å². The number of hydrogen-bond donors (Lipinski definition) is 2. The van der Waals surface area contributed by atoms with Crippen molar-refractivity contribution < 1.29 is 37.8 Å². The van der Waals surface area contributed by atoms with Crippen LogP contribution in [0.3, 0.4) is 0 Å². The molecule has 0 saturated carbocycles. The summed E-state index contributed by atoms with van der Waals surface area (Å²) in [5.74, 6) is -3.68. The van der Waals surface area contributed by atoms with E-state index in [9.17, 15) is 32.7 Å². The zero-order valence-corrected chi connectivity index (χ0v) is 17.3. The molecule has 0 fully saturated rings. The Morgan fingerprint density at radius 3 is 1.91 bits per heavy atom. The maximum atomic E-state index is 13.3. The number of amides is 1. The first kappa shape index (κ1) is 22.8. The normalized spacial score (nSPS) is 16.1. The highest BCUT2D eigenvalue weighted by atomic mass is 19.4. The van der Waals surface area contributed by atoms with Gasteiger partial charge in [-0.3, -0.25) is 14.5 Å². The SMILES string of the molecule is O=C(O)c1ccc(C(=O)C2=C(O)C(=O)N(c3ccc(C(F)(F)F)cc3)C2c2ccccc2)cc1. The average Bonchev–Trinajstić information content (AvgIpc) is 3.09. The van der Waals surface area contributed by atoms with Crippen molar-refractivity contribution in [2.45, 2.75) is 12.2 Å². The smallest absolute Gasteiger partial charge is 0.416 e. The maximum absolute atomic E-state index is 13.3. The van der Waals surface area contributed by atoms with E-state index in [1.165, 1.54) is 24.3 Å². The Morgan fingerprint density at radius 2 is 1.38 bits per heavy atom. The number of halogens is 3. The van der Waals surface area contributed by atoms with Crippen LogP contribution in [0.2, 0.25) is 0 Å². The number of carbonyl (C=O) groups is 3. The first-order chi connectivity index (χ1) is 16.1. The van der Waals surface area contributed by atoms with Gasteiger partial charge >= 0.3 is 12.1 Å². The zero-order chi connectivity index (χ0) is 24.6. The van der Waals surface area contributed by atoms with Gasteiger partial charge in [0.15, 0.2) is 11.5 Å². The number of nitrogens with zero attached hydrogens (tertiary/aromatic N) is 1. The topological polar surface area (TPSA) is 94.9 Å². The van der Waals surface area contributed by atoms with Crippen molar-refractivity contribution in [1.29, 1.82) is 0 Å². The monoisotopic (exact) mass is 467 g/mol. The number of hydrogen-bond acceptors (Lipinski definition) is 4. The molecule has 34 heavy (non-hydrogen) atoms. The molecule has 1 aliphatic heterocycles. The van der Waals surface area contributed by atoms with Gasteiger partial charge in [0, 0.05) is 11.3 Å². The molecule has 1 heterocycles. The number of Topliss-reactive ketones (excluding diaryl/α,β-unsaturated/α-hetero) is 1. The number of carbonyl (C=O) groups excluding carboxylic acids is 2. The molecule has 0 bridgehead atoms. The van der Waals surface area contributed by atoms with Gasteiger partial charge in [-0.2, -0.15) is 13.2 Å². The number of carboxylic acid groups (broad SMARTS) is 1. The number of alkyl halides is 3. The fourth-order valence-corrected chi connectivity index (χ4v) is 3.78. The Bertz CT molecular complexity index is 1300. The summed E-state index contributed by atoms with van der Waals surface area (Å²) in [7, 11) is 0. The molecule has 1 amide bonds. The molecule has 0 saturated heterocycles. The van der Waals surface area contributed by atoms with Crippen LogP contribution in [0.1, 0.15) is 37.9 Å². The maximum Gasteiger partial charge on any atom is 0.416 e. The van der Waals surface area contributed by atoms with E-state index in [4.69, 9.17) is 5.11 Å². The molecule has 172 valence electrons. The van der Waals surface area contributed by atoms with Crippen molar-refractivity contribution in [1.82, 2.24) is 0 Å². The van der Waals surface area contributed by atoms with E-state index in [0.717, 1.165) is 29.2 Å². The molecule has 1 unspecified atom stereocenters. The van der Waals surface area contributed by atoms with Crippen LogP contribution >= 0.6 is 0 Å². The van der Waals surface area contributed by atoms with E-state index in [-0.39, 0.29) is 22.4 Å². The van der Waals surface area contributed by atoms with Crippen molar-refractivity contribution in [3.8, 4) is 0 Å². The summed E-state index contributed by atoms with van der Waals surface area (Å²) in [6.07, 6.45) is -4.57. The molecule has 4 rings (SSSR count). The van der Waals surface area contributed by atoms with Crippen molar-refractivity contribution in [2.75, 3.05) is 4.90 Å². The number of ketones is 1. The van der Waals surface area contributed by atoms with Gasteiger partial charge in [0.1, 0.15) is 0 Å². The van der Waals surface area contributed by atoms with Gasteiger partial charge in [-0.05, 0) is 42.0 Å². The number of aliphatic hydroxyl groups excluding tert-OH is 1. The molecule has 9 heteroatoms. The molecule has 0 aliphatic carbocycles. The molecule has 0 radical (unpaired) electrons. The lowest BCUT2D eigenvalue weighted by Gasteiger charge is -2.27. The summed E-state index contributed by atoms with van der Waals surface area (Å²) in [5, 5.41) is 19.7. The minimum atomic E-state index is -4.57. The van der Waals surface area contributed by atoms with E-state index >= 15 is 0 Å². The van der Waals surface area contributed by atoms with Crippen LogP contribution in [0, 0.1) is 0 Å². The predicted molar refractivity (Wildman–Crippen MR) is 115 cm³/mol. The number of rotatable bonds is 5. The summed E-state index contributed by atoms with van der Waals surface area (Å²) in [5.41, 5.74) is -0.684. The second kappa shape index (κ2) is 8.51. The van der Waals surface area contributed by atoms with Gasteiger partial charge in [0.2, 0.25) is 0 Å². The lowest BCUT2D eigenvalue weighted by molar-refractivity contribution is -0.137. The summed E-state index contributed by atoms with van der Waals surface area (Å²) in [6.45, 7) is 0. The quantitative estimate of drug-likeness (QED) is 0.504. The summed E-state index contributed by atoms with van der Waals surface area (Å²) < 4.78 is 39.0. The molecule has 1 aliphatic rings. The summed E-state index contributed by atoms with van der Waals surface area (Å²) in [6, 6.07) is 15.9. The van der Waals surface area contributed by atoms with Crippen molar-refractivity contribution in [3.63, 3.8) is 0 Å². The molecule has 3 aromatic rings. The molecule has 0 aromatic heterocycles. The second-order valence-corrected chi connectivity index (χ2v) is 7.51. The van der Waals surface area contributed by atoms with Gasteiger partial charge in [0.25, 0.3) is 5.91 Å². The van der Waals surface area contributed by atoms with Crippen LogP contribution < -0.4 is 4.90 Å². The van der Waals surface area contributed by atoms with Crippen molar-refractivity contribution >= 4 is 23.3 Å². The Balaban J connectivity index is 1.80. The van der Waals surface area contributed by atoms with E-state index in [2.05, 4.69) is 0 Å². The standard InChI is InChI=1S/C25H16F3NO5/c26-25(27,28)17-10-12-18(13-11-17)29-20(14-4-2-1-3-5-14)19(22(31)23(29)32)21(30)15-6-8-16(9-7-15)24(33)34/h1-13,20,31H,(H,33,34). The summed E-state index contributed by atoms with van der Waals surface area (Å²) in [4.78, 5) is 38.5. The van der Waals surface area contributed by atoms with Crippen LogP contribution in [-0.4, -0.2) is 27.9 Å².